The predicted octanol–water partition coefficient (Wildman–Crippen LogP) is 5.12. The Morgan fingerprint density at radius 1 is 1.19 bits per heavy atom. The highest BCUT2D eigenvalue weighted by Gasteiger charge is 2.55. The Morgan fingerprint density at radius 3 is 2.52 bits per heavy atom. The van der Waals surface area contributed by atoms with Crippen LogP contribution in [0.3, 0.4) is 0 Å². The summed E-state index contributed by atoms with van der Waals surface area (Å²) < 4.78 is 0. The van der Waals surface area contributed by atoms with Gasteiger partial charge in [0.1, 0.15) is 0 Å². The highest BCUT2D eigenvalue weighted by atomic mass is 35.5. The number of rotatable bonds is 2. The molecular formula is C18H25Cl2N. The second-order valence-electron chi connectivity index (χ2n) is 7.57. The number of hydrogen-bond donors (Lipinski definition) is 1. The summed E-state index contributed by atoms with van der Waals surface area (Å²) in [6.45, 7) is 4.45. The number of hydrogen-bond acceptors (Lipinski definition) is 1. The van der Waals surface area contributed by atoms with Gasteiger partial charge in [0.05, 0.1) is 4.87 Å². The summed E-state index contributed by atoms with van der Waals surface area (Å²) in [6, 6.07) is 10.4. The minimum absolute atomic E-state index is 0.00906. The van der Waals surface area contributed by atoms with Crippen LogP contribution in [0.25, 0.3) is 0 Å². The maximum atomic E-state index is 7.13. The van der Waals surface area contributed by atoms with Gasteiger partial charge in [-0.1, -0.05) is 37.3 Å². The molecule has 0 spiro atoms. The van der Waals surface area contributed by atoms with E-state index in [9.17, 15) is 0 Å². The van der Waals surface area contributed by atoms with Crippen molar-refractivity contribution in [3.05, 3.63) is 35.9 Å². The quantitative estimate of drug-likeness (QED) is 0.750. The first-order valence-electron chi connectivity index (χ1n) is 7.99. The van der Waals surface area contributed by atoms with Crippen LogP contribution in [0.4, 0.5) is 0 Å². The third-order valence-electron chi connectivity index (χ3n) is 5.49. The molecule has 0 aliphatic heterocycles. The average Bonchev–Trinajstić information content (AvgIpc) is 2.35. The van der Waals surface area contributed by atoms with Crippen LogP contribution < -0.4 is 5.73 Å². The molecule has 2 bridgehead atoms. The number of alkyl halides is 2. The van der Waals surface area contributed by atoms with Crippen molar-refractivity contribution in [2.45, 2.75) is 55.3 Å². The zero-order valence-electron chi connectivity index (χ0n) is 12.9. The van der Waals surface area contributed by atoms with Gasteiger partial charge in [-0.05, 0) is 55.9 Å². The SMILES string of the molecule is CC1CC2CC(C)(Cl)CC(Cl)(C2)C1C(N)c1ccccc1. The third kappa shape index (κ3) is 2.98. The summed E-state index contributed by atoms with van der Waals surface area (Å²) in [6.07, 6.45) is 4.20. The fourth-order valence-electron chi connectivity index (χ4n) is 5.07. The smallest absolute Gasteiger partial charge is 0.0514 e. The van der Waals surface area contributed by atoms with Gasteiger partial charge in [-0.25, -0.2) is 0 Å². The first kappa shape index (κ1) is 15.6. The van der Waals surface area contributed by atoms with Crippen LogP contribution in [0.5, 0.6) is 0 Å². The number of fused-ring (bicyclic) bond motifs is 2. The van der Waals surface area contributed by atoms with Crippen LogP contribution in [0.2, 0.25) is 0 Å². The van der Waals surface area contributed by atoms with Crippen molar-refractivity contribution >= 4 is 23.2 Å². The van der Waals surface area contributed by atoms with Crippen molar-refractivity contribution in [3.8, 4) is 0 Å². The van der Waals surface area contributed by atoms with E-state index in [0.29, 0.717) is 11.8 Å². The van der Waals surface area contributed by atoms with E-state index in [0.717, 1.165) is 19.3 Å². The maximum absolute atomic E-state index is 7.13. The highest BCUT2D eigenvalue weighted by Crippen LogP contribution is 2.59. The molecule has 0 amide bonds. The maximum Gasteiger partial charge on any atom is 0.0514 e. The molecule has 1 aromatic rings. The van der Waals surface area contributed by atoms with Gasteiger partial charge in [-0.2, -0.15) is 0 Å². The highest BCUT2D eigenvalue weighted by molar-refractivity contribution is 6.27. The van der Waals surface area contributed by atoms with Crippen LogP contribution in [0.1, 0.15) is 51.1 Å². The molecule has 3 heteroatoms. The van der Waals surface area contributed by atoms with E-state index in [1.54, 1.807) is 0 Å². The lowest BCUT2D eigenvalue weighted by Gasteiger charge is -2.55. The number of nitrogens with two attached hydrogens (primary N) is 1. The van der Waals surface area contributed by atoms with Crippen molar-refractivity contribution in [1.29, 1.82) is 0 Å². The molecule has 2 aliphatic rings. The zero-order valence-corrected chi connectivity index (χ0v) is 14.4. The van der Waals surface area contributed by atoms with Gasteiger partial charge < -0.3 is 5.73 Å². The molecule has 2 N–H and O–H groups in total. The number of halogens is 2. The Kier molecular flexibility index (Phi) is 4.05. The topological polar surface area (TPSA) is 26.0 Å². The minimum Gasteiger partial charge on any atom is -0.324 e. The fourth-order valence-corrected chi connectivity index (χ4v) is 6.46. The van der Waals surface area contributed by atoms with E-state index in [-0.39, 0.29) is 21.7 Å². The summed E-state index contributed by atoms with van der Waals surface area (Å²) in [5, 5.41) is 0. The molecule has 21 heavy (non-hydrogen) atoms. The molecule has 2 fully saturated rings. The minimum atomic E-state index is -0.258. The second kappa shape index (κ2) is 5.44. The monoisotopic (exact) mass is 325 g/mol. The summed E-state index contributed by atoms with van der Waals surface area (Å²) in [5.74, 6) is 1.48. The van der Waals surface area contributed by atoms with E-state index in [1.165, 1.54) is 12.0 Å². The first-order chi connectivity index (χ1) is 9.81. The standard InChI is InChI=1S/C18H25Cl2N/c1-12-8-13-9-17(2,19)11-18(20,10-13)15(12)16(21)14-6-4-3-5-7-14/h3-7,12-13,15-16H,8-11,21H2,1-2H3. The van der Waals surface area contributed by atoms with Crippen molar-refractivity contribution in [1.82, 2.24) is 0 Å². The van der Waals surface area contributed by atoms with E-state index >= 15 is 0 Å². The first-order valence-corrected chi connectivity index (χ1v) is 8.75. The van der Waals surface area contributed by atoms with Gasteiger partial charge in [-0.15, -0.1) is 23.2 Å². The van der Waals surface area contributed by atoms with Crippen LogP contribution in [-0.2, 0) is 0 Å². The van der Waals surface area contributed by atoms with Gasteiger partial charge in [0.2, 0.25) is 0 Å². The van der Waals surface area contributed by atoms with Crippen molar-refractivity contribution < 1.29 is 0 Å². The molecule has 116 valence electrons. The van der Waals surface area contributed by atoms with Gasteiger partial charge in [0.25, 0.3) is 0 Å². The summed E-state index contributed by atoms with van der Waals surface area (Å²) in [4.78, 5) is -0.439. The lowest BCUT2D eigenvalue weighted by atomic mass is 9.57. The van der Waals surface area contributed by atoms with Crippen molar-refractivity contribution in [2.24, 2.45) is 23.5 Å². The molecule has 0 aromatic heterocycles. The Morgan fingerprint density at radius 2 is 1.86 bits per heavy atom. The lowest BCUT2D eigenvalue weighted by Crippen LogP contribution is -2.54. The Hall–Kier alpha value is -0.240. The van der Waals surface area contributed by atoms with Gasteiger partial charge in [0, 0.05) is 10.9 Å². The van der Waals surface area contributed by atoms with Crippen LogP contribution >= 0.6 is 23.2 Å². The molecule has 1 nitrogen and oxygen atoms in total. The Balaban J connectivity index is 1.93. The van der Waals surface area contributed by atoms with Crippen molar-refractivity contribution in [2.75, 3.05) is 0 Å². The van der Waals surface area contributed by atoms with E-state index in [1.807, 2.05) is 6.07 Å². The molecule has 2 aliphatic carbocycles. The normalized spacial score (nSPS) is 44.3. The molecular weight excluding hydrogens is 301 g/mol. The molecule has 6 unspecified atom stereocenters. The largest absolute Gasteiger partial charge is 0.324 e. The zero-order chi connectivity index (χ0) is 15.3. The van der Waals surface area contributed by atoms with Gasteiger partial charge in [-0.3, -0.25) is 0 Å². The third-order valence-corrected chi connectivity index (χ3v) is 6.32. The van der Waals surface area contributed by atoms with E-state index in [2.05, 4.69) is 38.1 Å². The lowest BCUT2D eigenvalue weighted by molar-refractivity contribution is 0.0588. The van der Waals surface area contributed by atoms with E-state index in [4.69, 9.17) is 28.9 Å². The predicted molar refractivity (Wildman–Crippen MR) is 90.8 cm³/mol. The average molecular weight is 326 g/mol. The van der Waals surface area contributed by atoms with Crippen LogP contribution in [0.15, 0.2) is 30.3 Å². The fraction of sp³-hybridized carbons (Fsp3) is 0.667. The molecule has 0 heterocycles. The van der Waals surface area contributed by atoms with E-state index < -0.39 is 0 Å². The number of benzene rings is 1. The van der Waals surface area contributed by atoms with Crippen LogP contribution in [-0.4, -0.2) is 9.75 Å². The van der Waals surface area contributed by atoms with Crippen LogP contribution in [0, 0.1) is 17.8 Å². The molecule has 1 aromatic carbocycles. The molecule has 3 rings (SSSR count). The summed E-state index contributed by atoms with van der Waals surface area (Å²) in [5.41, 5.74) is 7.83. The Bertz CT molecular complexity index is 501. The molecule has 2 saturated carbocycles. The van der Waals surface area contributed by atoms with Gasteiger partial charge in [0.15, 0.2) is 0 Å². The van der Waals surface area contributed by atoms with Gasteiger partial charge >= 0.3 is 0 Å². The molecule has 6 atom stereocenters. The summed E-state index contributed by atoms with van der Waals surface area (Å²) in [7, 11) is 0. The van der Waals surface area contributed by atoms with Crippen molar-refractivity contribution in [3.63, 3.8) is 0 Å². The Labute approximate surface area is 138 Å². The molecule has 0 saturated heterocycles. The second-order valence-corrected chi connectivity index (χ2v) is 9.24. The summed E-state index contributed by atoms with van der Waals surface area (Å²) >= 11 is 13.8. The molecule has 0 radical (unpaired) electrons.